The minimum absolute atomic E-state index is 0.0597. The lowest BCUT2D eigenvalue weighted by molar-refractivity contribution is -0.148. The largest absolute Gasteiger partial charge is 0.366 e. The molecule has 0 radical (unpaired) electrons. The minimum Gasteiger partial charge on any atom is -0.366 e. The Labute approximate surface area is 175 Å². The molecular formula is C21H28N6O3. The van der Waals surface area contributed by atoms with Gasteiger partial charge >= 0.3 is 11.8 Å². The fourth-order valence-electron chi connectivity index (χ4n) is 5.00. The number of carbonyl (C=O) groups excluding carboxylic acids is 3. The molecular weight excluding hydrogens is 384 g/mol. The number of hydrazone groups is 1. The first-order valence-electron chi connectivity index (χ1n) is 10.6. The lowest BCUT2D eigenvalue weighted by Gasteiger charge is -2.45. The normalized spacial score (nSPS) is 30.3. The first-order chi connectivity index (χ1) is 14.4. The summed E-state index contributed by atoms with van der Waals surface area (Å²) in [5.74, 6) is -0.774. The molecule has 3 amide bonds. The molecule has 5 atom stereocenters. The summed E-state index contributed by atoms with van der Waals surface area (Å²) < 4.78 is 0. The molecule has 30 heavy (non-hydrogen) atoms. The zero-order valence-electron chi connectivity index (χ0n) is 17.1. The number of carbonyl (C=O) groups is 3. The van der Waals surface area contributed by atoms with E-state index < -0.39 is 17.7 Å². The van der Waals surface area contributed by atoms with E-state index >= 15 is 0 Å². The number of anilines is 1. The summed E-state index contributed by atoms with van der Waals surface area (Å²) in [4.78, 5) is 42.8. The molecule has 1 aliphatic carbocycles. The van der Waals surface area contributed by atoms with Crippen molar-refractivity contribution >= 4 is 29.6 Å². The monoisotopic (exact) mass is 412 g/mol. The van der Waals surface area contributed by atoms with Crippen molar-refractivity contribution in [3.63, 3.8) is 0 Å². The van der Waals surface area contributed by atoms with E-state index in [1.807, 2.05) is 6.21 Å². The molecule has 1 aromatic heterocycles. The summed E-state index contributed by atoms with van der Waals surface area (Å²) in [7, 11) is 0. The Morgan fingerprint density at radius 1 is 1.20 bits per heavy atom. The van der Waals surface area contributed by atoms with E-state index in [9.17, 15) is 14.4 Å². The number of rotatable bonds is 3. The quantitative estimate of drug-likeness (QED) is 0.641. The number of piperidine rings is 1. The Hall–Kier alpha value is -2.97. The van der Waals surface area contributed by atoms with Crippen LogP contribution in [0.1, 0.15) is 49.4 Å². The molecule has 1 aromatic rings. The van der Waals surface area contributed by atoms with Gasteiger partial charge < -0.3 is 21.4 Å². The van der Waals surface area contributed by atoms with E-state index in [4.69, 9.17) is 5.73 Å². The highest BCUT2D eigenvalue weighted by Crippen LogP contribution is 2.38. The van der Waals surface area contributed by atoms with Crippen LogP contribution in [0.4, 0.5) is 5.69 Å². The summed E-state index contributed by atoms with van der Waals surface area (Å²) in [6.45, 7) is 2.69. The zero-order chi connectivity index (χ0) is 21.3. The molecule has 2 aliphatic heterocycles. The maximum Gasteiger partial charge on any atom is 0.313 e. The van der Waals surface area contributed by atoms with Gasteiger partial charge in [0.15, 0.2) is 0 Å². The summed E-state index contributed by atoms with van der Waals surface area (Å²) in [6.07, 6.45) is 9.69. The molecule has 9 heteroatoms. The zero-order valence-corrected chi connectivity index (χ0v) is 17.1. The van der Waals surface area contributed by atoms with Crippen LogP contribution in [0.25, 0.3) is 0 Å². The van der Waals surface area contributed by atoms with E-state index in [0.717, 1.165) is 32.1 Å². The van der Waals surface area contributed by atoms with Crippen molar-refractivity contribution < 1.29 is 14.4 Å². The maximum atomic E-state index is 13.1. The standard InChI is InChI=1S/C21H28N6O3/c1-12-2-5-18(13-3-4-17-14(6-13)9-24-26-17)27(11-12)21(30)20(29)25-16-7-15(19(22)28)8-23-10-16/h7-10,12-14,17-18,26H,2-6,11H2,1H3,(H2,22,28)(H,25,29)/t12?,13?,14-,17?,18?/m1/s1. The van der Waals surface area contributed by atoms with Crippen LogP contribution in [-0.4, -0.2) is 52.4 Å². The van der Waals surface area contributed by atoms with E-state index in [0.29, 0.717) is 30.3 Å². The number of nitrogens with one attached hydrogen (secondary N) is 2. The molecule has 1 saturated carbocycles. The molecule has 0 aromatic carbocycles. The fraction of sp³-hybridized carbons (Fsp3) is 0.571. The number of likely N-dealkylation sites (tertiary alicyclic amines) is 1. The Kier molecular flexibility index (Phi) is 5.69. The topological polar surface area (TPSA) is 130 Å². The van der Waals surface area contributed by atoms with Crippen molar-refractivity contribution in [2.45, 2.75) is 51.1 Å². The second-order valence-corrected chi connectivity index (χ2v) is 8.74. The Bertz CT molecular complexity index is 872. The van der Waals surface area contributed by atoms with Crippen molar-refractivity contribution in [2.75, 3.05) is 11.9 Å². The number of hydrogen-bond donors (Lipinski definition) is 3. The molecule has 9 nitrogen and oxygen atoms in total. The molecule has 4 unspecified atom stereocenters. The van der Waals surface area contributed by atoms with Crippen LogP contribution in [0.2, 0.25) is 0 Å². The van der Waals surface area contributed by atoms with Gasteiger partial charge in [0.25, 0.3) is 0 Å². The number of aromatic nitrogens is 1. The lowest BCUT2D eigenvalue weighted by Crippen LogP contribution is -2.54. The van der Waals surface area contributed by atoms with Crippen LogP contribution in [-0.2, 0) is 9.59 Å². The third-order valence-electron chi connectivity index (χ3n) is 6.59. The third-order valence-corrected chi connectivity index (χ3v) is 6.59. The number of fused-ring (bicyclic) bond motifs is 1. The Morgan fingerprint density at radius 3 is 2.83 bits per heavy atom. The second kappa shape index (κ2) is 8.41. The summed E-state index contributed by atoms with van der Waals surface area (Å²) >= 11 is 0. The Balaban J connectivity index is 1.47. The predicted molar refractivity (Wildman–Crippen MR) is 112 cm³/mol. The van der Waals surface area contributed by atoms with E-state index in [1.54, 1.807) is 4.90 Å². The van der Waals surface area contributed by atoms with E-state index in [-0.39, 0.29) is 17.3 Å². The van der Waals surface area contributed by atoms with E-state index in [1.165, 1.54) is 18.5 Å². The molecule has 0 bridgehead atoms. The Morgan fingerprint density at radius 2 is 2.03 bits per heavy atom. The van der Waals surface area contributed by atoms with E-state index in [2.05, 4.69) is 27.8 Å². The van der Waals surface area contributed by atoms with Gasteiger partial charge in [-0.3, -0.25) is 19.4 Å². The predicted octanol–water partition coefficient (Wildman–Crippen LogP) is 1.12. The highest BCUT2D eigenvalue weighted by atomic mass is 16.2. The van der Waals surface area contributed by atoms with Crippen LogP contribution in [0.5, 0.6) is 0 Å². The van der Waals surface area contributed by atoms with Gasteiger partial charge in [0.2, 0.25) is 5.91 Å². The lowest BCUT2D eigenvalue weighted by atomic mass is 9.73. The van der Waals surface area contributed by atoms with Crippen molar-refractivity contribution in [3.8, 4) is 0 Å². The van der Waals surface area contributed by atoms with Crippen LogP contribution in [0.3, 0.4) is 0 Å². The number of primary amides is 1. The fourth-order valence-corrected chi connectivity index (χ4v) is 5.00. The molecule has 2 fully saturated rings. The van der Waals surface area contributed by atoms with Gasteiger partial charge in [0.1, 0.15) is 0 Å². The maximum absolute atomic E-state index is 13.1. The van der Waals surface area contributed by atoms with Crippen molar-refractivity contribution in [2.24, 2.45) is 28.6 Å². The SMILES string of the molecule is CC1CCC(C2CCC3NN=C[C@H]3C2)N(C(=O)C(=O)Nc2cncc(C(N)=O)c2)C1. The number of amides is 3. The first kappa shape index (κ1) is 20.3. The number of pyridine rings is 1. The highest BCUT2D eigenvalue weighted by Gasteiger charge is 2.41. The first-order valence-corrected chi connectivity index (χ1v) is 10.6. The molecule has 4 rings (SSSR count). The number of nitrogens with two attached hydrogens (primary N) is 1. The summed E-state index contributed by atoms with van der Waals surface area (Å²) in [5, 5.41) is 6.79. The molecule has 3 heterocycles. The van der Waals surface area contributed by atoms with Gasteiger partial charge in [-0.1, -0.05) is 6.92 Å². The molecule has 0 spiro atoms. The molecule has 1 saturated heterocycles. The van der Waals surface area contributed by atoms with Crippen LogP contribution >= 0.6 is 0 Å². The number of hydrogen-bond acceptors (Lipinski definition) is 6. The smallest absolute Gasteiger partial charge is 0.313 e. The molecule has 4 N–H and O–H groups in total. The summed E-state index contributed by atoms with van der Waals surface area (Å²) in [6, 6.07) is 1.88. The van der Waals surface area contributed by atoms with Crippen LogP contribution < -0.4 is 16.5 Å². The van der Waals surface area contributed by atoms with Gasteiger partial charge in [-0.25, -0.2) is 0 Å². The average Bonchev–Trinajstić information content (AvgIpc) is 3.21. The second-order valence-electron chi connectivity index (χ2n) is 8.74. The minimum atomic E-state index is -0.713. The molecule has 3 aliphatic rings. The van der Waals surface area contributed by atoms with Crippen LogP contribution in [0, 0.1) is 17.8 Å². The van der Waals surface area contributed by atoms with Gasteiger partial charge in [0, 0.05) is 30.9 Å². The highest BCUT2D eigenvalue weighted by molar-refractivity contribution is 6.39. The van der Waals surface area contributed by atoms with Crippen LogP contribution in [0.15, 0.2) is 23.6 Å². The van der Waals surface area contributed by atoms with Crippen molar-refractivity contribution in [3.05, 3.63) is 24.0 Å². The van der Waals surface area contributed by atoms with Gasteiger partial charge in [0.05, 0.1) is 23.5 Å². The summed E-state index contributed by atoms with van der Waals surface area (Å²) in [5.41, 5.74) is 8.88. The number of nitrogens with zero attached hydrogens (tertiary/aromatic N) is 3. The van der Waals surface area contributed by atoms with Gasteiger partial charge in [-0.2, -0.15) is 5.10 Å². The third kappa shape index (κ3) is 4.15. The van der Waals surface area contributed by atoms with Gasteiger partial charge in [-0.15, -0.1) is 0 Å². The van der Waals surface area contributed by atoms with Crippen molar-refractivity contribution in [1.29, 1.82) is 0 Å². The average molecular weight is 412 g/mol. The van der Waals surface area contributed by atoms with Gasteiger partial charge in [-0.05, 0) is 50.0 Å². The molecule has 160 valence electrons. The van der Waals surface area contributed by atoms with Crippen molar-refractivity contribution in [1.82, 2.24) is 15.3 Å².